The molecule has 2 nitrogen and oxygen atoms in total. The summed E-state index contributed by atoms with van der Waals surface area (Å²) in [6.07, 6.45) is 28.0. The maximum atomic E-state index is 10.4. The molecule has 0 amide bonds. The summed E-state index contributed by atoms with van der Waals surface area (Å²) >= 11 is 0. The third kappa shape index (κ3) is 14.2. The molecule has 2 N–H and O–H groups in total. The van der Waals surface area contributed by atoms with Crippen LogP contribution < -0.4 is 0 Å². The first-order valence-corrected chi connectivity index (χ1v) is 9.31. The van der Waals surface area contributed by atoms with Crippen molar-refractivity contribution in [3.05, 3.63) is 60.8 Å². The van der Waals surface area contributed by atoms with Gasteiger partial charge in [0, 0.05) is 6.61 Å². The molecule has 0 saturated heterocycles. The van der Waals surface area contributed by atoms with Crippen LogP contribution in [0.4, 0.5) is 0 Å². The van der Waals surface area contributed by atoms with E-state index in [9.17, 15) is 5.11 Å². The molecule has 0 aromatic rings. The lowest BCUT2D eigenvalue weighted by Gasteiger charge is -2.22. The largest absolute Gasteiger partial charge is 0.396 e. The second-order valence-electron chi connectivity index (χ2n) is 5.95. The van der Waals surface area contributed by atoms with Crippen molar-refractivity contribution in [1.82, 2.24) is 0 Å². The molecule has 0 rings (SSSR count). The van der Waals surface area contributed by atoms with Gasteiger partial charge < -0.3 is 10.2 Å². The van der Waals surface area contributed by atoms with Crippen LogP contribution >= 0.6 is 0 Å². The van der Waals surface area contributed by atoms with Gasteiger partial charge in [0.2, 0.25) is 0 Å². The van der Waals surface area contributed by atoms with Crippen LogP contribution in [0, 0.1) is 0 Å². The molecule has 24 heavy (non-hydrogen) atoms. The van der Waals surface area contributed by atoms with E-state index in [2.05, 4.69) is 49.5 Å². The summed E-state index contributed by atoms with van der Waals surface area (Å²) in [6.45, 7) is 4.33. The molecule has 136 valence electrons. The summed E-state index contributed by atoms with van der Waals surface area (Å²) in [5.74, 6) is 0. The first kappa shape index (κ1) is 22.6. The molecule has 1 atom stereocenters. The van der Waals surface area contributed by atoms with Crippen LogP contribution in [0.2, 0.25) is 0 Å². The maximum absolute atomic E-state index is 10.4. The number of aliphatic hydroxyl groups is 2. The molecule has 0 aromatic carbocycles. The fraction of sp³-hybridized carbons (Fsp3) is 0.545. The van der Waals surface area contributed by atoms with Crippen molar-refractivity contribution in [1.29, 1.82) is 0 Å². The minimum Gasteiger partial charge on any atom is -0.396 e. The van der Waals surface area contributed by atoms with Crippen LogP contribution in [0.5, 0.6) is 0 Å². The number of rotatable bonds is 14. The van der Waals surface area contributed by atoms with Crippen molar-refractivity contribution in [2.24, 2.45) is 0 Å². The van der Waals surface area contributed by atoms with E-state index in [0.717, 1.165) is 38.5 Å². The zero-order valence-corrected chi connectivity index (χ0v) is 15.5. The van der Waals surface area contributed by atoms with Crippen LogP contribution in [0.1, 0.15) is 65.2 Å². The predicted octanol–water partition coefficient (Wildman–Crippen LogP) is 5.65. The smallest absolute Gasteiger partial charge is 0.0828 e. The average Bonchev–Trinajstić information content (AvgIpc) is 2.59. The van der Waals surface area contributed by atoms with Gasteiger partial charge in [0.05, 0.1) is 5.60 Å². The molecule has 0 spiro atoms. The molecule has 0 saturated carbocycles. The number of hydrogen-bond donors (Lipinski definition) is 2. The number of hydrogen-bond acceptors (Lipinski definition) is 2. The van der Waals surface area contributed by atoms with Gasteiger partial charge in [0.25, 0.3) is 0 Å². The molecular formula is C22H36O2. The second kappa shape index (κ2) is 16.5. The second-order valence-corrected chi connectivity index (χ2v) is 5.95. The van der Waals surface area contributed by atoms with E-state index in [-0.39, 0.29) is 6.61 Å². The molecule has 0 fully saturated rings. The molecule has 0 heterocycles. The lowest BCUT2D eigenvalue weighted by atomic mass is 9.93. The van der Waals surface area contributed by atoms with Gasteiger partial charge in [-0.1, -0.05) is 74.6 Å². The molecule has 0 aliphatic carbocycles. The lowest BCUT2D eigenvalue weighted by molar-refractivity contribution is 0.0729. The first-order valence-electron chi connectivity index (χ1n) is 9.31. The molecule has 0 radical (unpaired) electrons. The Morgan fingerprint density at radius 1 is 0.750 bits per heavy atom. The predicted molar refractivity (Wildman–Crippen MR) is 106 cm³/mol. The van der Waals surface area contributed by atoms with Gasteiger partial charge in [0.1, 0.15) is 0 Å². The quantitative estimate of drug-likeness (QED) is 0.245. The fourth-order valence-electron chi connectivity index (χ4n) is 2.20. The van der Waals surface area contributed by atoms with Crippen molar-refractivity contribution in [3.8, 4) is 0 Å². The van der Waals surface area contributed by atoms with E-state index < -0.39 is 5.60 Å². The van der Waals surface area contributed by atoms with Gasteiger partial charge in [-0.2, -0.15) is 0 Å². The van der Waals surface area contributed by atoms with Gasteiger partial charge in [-0.25, -0.2) is 0 Å². The van der Waals surface area contributed by atoms with Gasteiger partial charge >= 0.3 is 0 Å². The van der Waals surface area contributed by atoms with E-state index in [1.807, 2.05) is 25.2 Å². The van der Waals surface area contributed by atoms with E-state index in [0.29, 0.717) is 12.8 Å². The summed E-state index contributed by atoms with van der Waals surface area (Å²) in [5, 5.41) is 19.2. The zero-order chi connectivity index (χ0) is 17.9. The monoisotopic (exact) mass is 332 g/mol. The normalized spacial score (nSPS) is 15.7. The van der Waals surface area contributed by atoms with Crippen LogP contribution in [0.15, 0.2) is 60.8 Å². The Bertz CT molecular complexity index is 416. The Morgan fingerprint density at radius 3 is 1.88 bits per heavy atom. The molecule has 0 aliphatic heterocycles. The number of aliphatic hydroxyl groups excluding tert-OH is 1. The summed E-state index contributed by atoms with van der Waals surface area (Å²) in [7, 11) is 0. The Hall–Kier alpha value is -1.38. The van der Waals surface area contributed by atoms with Gasteiger partial charge in [0.15, 0.2) is 0 Å². The van der Waals surface area contributed by atoms with Crippen molar-refractivity contribution >= 4 is 0 Å². The highest BCUT2D eigenvalue weighted by molar-refractivity contribution is 5.11. The van der Waals surface area contributed by atoms with Crippen molar-refractivity contribution in [2.45, 2.75) is 70.8 Å². The van der Waals surface area contributed by atoms with Gasteiger partial charge in [-0.15, -0.1) is 0 Å². The Balaban J connectivity index is 3.93. The minimum absolute atomic E-state index is 0.195. The molecule has 1 unspecified atom stereocenters. The summed E-state index contributed by atoms with van der Waals surface area (Å²) < 4.78 is 0. The minimum atomic E-state index is -0.744. The Kier molecular flexibility index (Phi) is 15.5. The third-order valence-corrected chi connectivity index (χ3v) is 3.84. The van der Waals surface area contributed by atoms with Crippen LogP contribution in [0.3, 0.4) is 0 Å². The summed E-state index contributed by atoms with van der Waals surface area (Å²) in [5.41, 5.74) is -0.744. The lowest BCUT2D eigenvalue weighted by Crippen LogP contribution is -2.24. The van der Waals surface area contributed by atoms with E-state index in [4.69, 9.17) is 5.11 Å². The van der Waals surface area contributed by atoms with E-state index >= 15 is 0 Å². The first-order chi connectivity index (χ1) is 11.7. The molecular weight excluding hydrogens is 296 g/mol. The van der Waals surface area contributed by atoms with Crippen molar-refractivity contribution < 1.29 is 10.2 Å². The highest BCUT2D eigenvalue weighted by Crippen LogP contribution is 2.20. The number of allylic oxidation sites excluding steroid dienone is 9. The average molecular weight is 333 g/mol. The van der Waals surface area contributed by atoms with Crippen molar-refractivity contribution in [3.63, 3.8) is 0 Å². The van der Waals surface area contributed by atoms with Gasteiger partial charge in [-0.3, -0.25) is 0 Å². The van der Waals surface area contributed by atoms with Crippen molar-refractivity contribution in [2.75, 3.05) is 6.61 Å². The Labute approximate surface area is 149 Å². The van der Waals surface area contributed by atoms with Crippen LogP contribution in [-0.2, 0) is 0 Å². The summed E-state index contributed by atoms with van der Waals surface area (Å²) in [6, 6.07) is 0. The standard InChI is InChI=1S/C22H36O2/c1-3-5-6-7-8-9-10-11-12-13-14-15-16-19-22(24,4-2)20-17-18-21-23/h5-6,8-9,11-12,14-16,19,23-24H,3-4,7,10,13,17-18,20-21H2,1-2H3/b6-5-,9-8-,12-11-,15-14-,19-16+. The topological polar surface area (TPSA) is 40.5 Å². The molecule has 0 aliphatic rings. The molecule has 0 bridgehead atoms. The fourth-order valence-corrected chi connectivity index (χ4v) is 2.20. The summed E-state index contributed by atoms with van der Waals surface area (Å²) in [4.78, 5) is 0. The highest BCUT2D eigenvalue weighted by Gasteiger charge is 2.19. The highest BCUT2D eigenvalue weighted by atomic mass is 16.3. The van der Waals surface area contributed by atoms with E-state index in [1.165, 1.54) is 0 Å². The Morgan fingerprint density at radius 2 is 1.33 bits per heavy atom. The maximum Gasteiger partial charge on any atom is 0.0828 e. The zero-order valence-electron chi connectivity index (χ0n) is 15.5. The molecule has 2 heteroatoms. The van der Waals surface area contributed by atoms with Crippen LogP contribution in [-0.4, -0.2) is 22.4 Å². The number of unbranched alkanes of at least 4 members (excludes halogenated alkanes) is 1. The van der Waals surface area contributed by atoms with E-state index in [1.54, 1.807) is 0 Å². The van der Waals surface area contributed by atoms with Crippen LogP contribution in [0.25, 0.3) is 0 Å². The third-order valence-electron chi connectivity index (χ3n) is 3.84. The molecule has 0 aromatic heterocycles. The SMILES string of the molecule is CC/C=C\C/C=C\C/C=C\C/C=C\C=C\C(O)(CC)CCCCO. The van der Waals surface area contributed by atoms with Gasteiger partial charge in [-0.05, 0) is 51.4 Å².